The molecule has 1 aromatic heterocycles. The highest BCUT2D eigenvalue weighted by molar-refractivity contribution is 7.20. The summed E-state index contributed by atoms with van der Waals surface area (Å²) in [6, 6.07) is 87.8. The van der Waals surface area contributed by atoms with E-state index in [-0.39, 0.29) is 0 Å². The minimum Gasteiger partial charge on any atom is -0.456 e. The summed E-state index contributed by atoms with van der Waals surface area (Å²) < 4.78 is 6.33. The zero-order valence-electron chi connectivity index (χ0n) is 31.9. The average molecular weight is 761 g/mol. The van der Waals surface area contributed by atoms with Crippen LogP contribution in [0.5, 0.6) is 0 Å². The van der Waals surface area contributed by atoms with Crippen molar-refractivity contribution in [2.24, 2.45) is 0 Å². The first-order valence-corrected chi connectivity index (χ1v) is 21.8. The Morgan fingerprint density at radius 3 is 1.36 bits per heavy atom. The summed E-state index contributed by atoms with van der Waals surface area (Å²) in [6.45, 7) is 0. The van der Waals surface area contributed by atoms with Crippen LogP contribution >= 0.6 is 0 Å². The SMILES string of the molecule is c1ccc(N(c2ccccc2)c2cccc([Si](c3ccccc3)(c3ccccc3)c3ccccc3N(c3ccccc3)c3ccc4oc5ccccc5c4c3)c2)cc1. The Bertz CT molecular complexity index is 2870. The predicted octanol–water partition coefficient (Wildman–Crippen LogP) is 11.9. The van der Waals surface area contributed by atoms with Gasteiger partial charge < -0.3 is 14.2 Å². The highest BCUT2D eigenvalue weighted by Gasteiger charge is 2.44. The Kier molecular flexibility index (Phi) is 9.22. The third-order valence-electron chi connectivity index (χ3n) is 11.2. The van der Waals surface area contributed by atoms with E-state index in [2.05, 4.69) is 240 Å². The van der Waals surface area contributed by atoms with E-state index in [0.29, 0.717) is 0 Å². The molecule has 10 rings (SSSR count). The van der Waals surface area contributed by atoms with Crippen molar-refractivity contribution in [2.75, 3.05) is 9.80 Å². The number of rotatable bonds is 10. The summed E-state index contributed by atoms with van der Waals surface area (Å²) in [6.07, 6.45) is 0. The summed E-state index contributed by atoms with van der Waals surface area (Å²) in [5.74, 6) is 0. The van der Waals surface area contributed by atoms with Crippen molar-refractivity contribution in [1.82, 2.24) is 0 Å². The van der Waals surface area contributed by atoms with Crippen LogP contribution in [0.1, 0.15) is 0 Å². The Morgan fingerprint density at radius 1 is 0.293 bits per heavy atom. The number of para-hydroxylation sites is 5. The van der Waals surface area contributed by atoms with Gasteiger partial charge in [-0.05, 0) is 99.6 Å². The second-order valence-corrected chi connectivity index (χ2v) is 18.3. The molecule has 0 unspecified atom stereocenters. The number of fused-ring (bicyclic) bond motifs is 3. The van der Waals surface area contributed by atoms with Crippen LogP contribution in [-0.4, -0.2) is 8.07 Å². The van der Waals surface area contributed by atoms with Crippen molar-refractivity contribution >= 4 is 84.9 Å². The maximum absolute atomic E-state index is 6.33. The molecule has 58 heavy (non-hydrogen) atoms. The Balaban J connectivity index is 1.27. The first-order chi connectivity index (χ1) is 28.8. The summed E-state index contributed by atoms with van der Waals surface area (Å²) in [5, 5.41) is 7.39. The molecule has 0 bridgehead atoms. The molecule has 0 fully saturated rings. The van der Waals surface area contributed by atoms with Crippen LogP contribution < -0.4 is 30.5 Å². The fourth-order valence-electron chi connectivity index (χ4n) is 8.67. The molecule has 0 N–H and O–H groups in total. The molecule has 0 spiro atoms. The number of hydrogen-bond donors (Lipinski definition) is 0. The Hall–Kier alpha value is -7.40. The normalized spacial score (nSPS) is 11.4. The van der Waals surface area contributed by atoms with Gasteiger partial charge in [-0.3, -0.25) is 0 Å². The smallest absolute Gasteiger partial charge is 0.181 e. The van der Waals surface area contributed by atoms with Gasteiger partial charge in [-0.15, -0.1) is 0 Å². The number of benzene rings is 9. The summed E-state index contributed by atoms with van der Waals surface area (Å²) in [5.41, 5.74) is 8.37. The molecule has 276 valence electrons. The second-order valence-electron chi connectivity index (χ2n) is 14.5. The molecule has 0 atom stereocenters. The van der Waals surface area contributed by atoms with E-state index in [1.54, 1.807) is 0 Å². The molecule has 0 aliphatic rings. The van der Waals surface area contributed by atoms with Crippen LogP contribution in [0.2, 0.25) is 0 Å². The first-order valence-electron chi connectivity index (χ1n) is 19.8. The third-order valence-corrected chi connectivity index (χ3v) is 16.0. The van der Waals surface area contributed by atoms with Gasteiger partial charge in [-0.2, -0.15) is 0 Å². The molecule has 0 radical (unpaired) electrons. The zero-order chi connectivity index (χ0) is 38.7. The van der Waals surface area contributed by atoms with Crippen molar-refractivity contribution in [1.29, 1.82) is 0 Å². The van der Waals surface area contributed by atoms with Crippen LogP contribution in [0.4, 0.5) is 34.1 Å². The Labute approximate surface area is 340 Å². The fourth-order valence-corrected chi connectivity index (χ4v) is 13.6. The second kappa shape index (κ2) is 15.3. The van der Waals surface area contributed by atoms with E-state index in [4.69, 9.17) is 4.42 Å². The monoisotopic (exact) mass is 760 g/mol. The van der Waals surface area contributed by atoms with Gasteiger partial charge in [0.05, 0.1) is 0 Å². The zero-order valence-corrected chi connectivity index (χ0v) is 32.9. The lowest BCUT2D eigenvalue weighted by atomic mass is 10.1. The molecule has 10 aromatic rings. The summed E-state index contributed by atoms with van der Waals surface area (Å²) in [4.78, 5) is 4.81. The van der Waals surface area contributed by atoms with Gasteiger partial charge >= 0.3 is 0 Å². The lowest BCUT2D eigenvalue weighted by Gasteiger charge is -2.39. The minimum atomic E-state index is -3.12. The molecular formula is C54H40N2OSi. The topological polar surface area (TPSA) is 19.6 Å². The van der Waals surface area contributed by atoms with Crippen LogP contribution in [0.3, 0.4) is 0 Å². The summed E-state index contributed by atoms with van der Waals surface area (Å²) in [7, 11) is -3.12. The van der Waals surface area contributed by atoms with Gasteiger partial charge in [0.25, 0.3) is 0 Å². The van der Waals surface area contributed by atoms with Crippen molar-refractivity contribution < 1.29 is 4.42 Å². The molecule has 0 aliphatic heterocycles. The quantitative estimate of drug-likeness (QED) is 0.102. The fraction of sp³-hybridized carbons (Fsp3) is 0. The number of nitrogens with zero attached hydrogens (tertiary/aromatic N) is 2. The molecular weight excluding hydrogens is 721 g/mol. The Morgan fingerprint density at radius 2 is 0.741 bits per heavy atom. The van der Waals surface area contributed by atoms with E-state index in [9.17, 15) is 0 Å². The number of furan rings is 1. The molecule has 0 amide bonds. The van der Waals surface area contributed by atoms with Crippen LogP contribution in [0.25, 0.3) is 21.9 Å². The van der Waals surface area contributed by atoms with E-state index >= 15 is 0 Å². The lowest BCUT2D eigenvalue weighted by Crippen LogP contribution is -2.75. The third kappa shape index (κ3) is 6.17. The highest BCUT2D eigenvalue weighted by Crippen LogP contribution is 2.39. The first kappa shape index (κ1) is 35.0. The van der Waals surface area contributed by atoms with Crippen LogP contribution in [0, 0.1) is 0 Å². The van der Waals surface area contributed by atoms with E-state index in [0.717, 1.165) is 56.1 Å². The highest BCUT2D eigenvalue weighted by atomic mass is 28.3. The molecule has 0 aliphatic carbocycles. The molecule has 3 nitrogen and oxygen atoms in total. The van der Waals surface area contributed by atoms with Gasteiger partial charge in [0, 0.05) is 44.9 Å². The maximum atomic E-state index is 6.33. The number of hydrogen-bond acceptors (Lipinski definition) is 3. The minimum absolute atomic E-state index is 0.877. The van der Waals surface area contributed by atoms with Crippen LogP contribution in [0.15, 0.2) is 247 Å². The van der Waals surface area contributed by atoms with E-state index in [1.165, 1.54) is 20.7 Å². The van der Waals surface area contributed by atoms with Gasteiger partial charge in [0.2, 0.25) is 0 Å². The van der Waals surface area contributed by atoms with Crippen molar-refractivity contribution in [3.63, 3.8) is 0 Å². The largest absolute Gasteiger partial charge is 0.456 e. The predicted molar refractivity (Wildman–Crippen MR) is 247 cm³/mol. The van der Waals surface area contributed by atoms with E-state index in [1.807, 2.05) is 12.1 Å². The maximum Gasteiger partial charge on any atom is 0.181 e. The van der Waals surface area contributed by atoms with Gasteiger partial charge in [-0.1, -0.05) is 164 Å². The summed E-state index contributed by atoms with van der Waals surface area (Å²) >= 11 is 0. The molecule has 0 saturated carbocycles. The standard InChI is InChI=1S/C54H40N2OSi/c1-6-21-41(22-7-1)55(42-23-8-2-9-24-42)44-27-20-32-48(39-44)58(46-28-12-4-13-29-46,47-30-14-5-15-31-47)54-36-19-17-34-51(54)56(43-25-10-3-11-26-43)45-37-38-53-50(40-45)49-33-16-18-35-52(49)57-53/h1-40H. The van der Waals surface area contributed by atoms with Gasteiger partial charge in [-0.25, -0.2) is 0 Å². The van der Waals surface area contributed by atoms with Crippen molar-refractivity contribution in [3.05, 3.63) is 243 Å². The molecule has 4 heteroatoms. The van der Waals surface area contributed by atoms with Crippen molar-refractivity contribution in [3.8, 4) is 0 Å². The number of anilines is 6. The lowest BCUT2D eigenvalue weighted by molar-refractivity contribution is 0.669. The average Bonchev–Trinajstić information content (AvgIpc) is 3.68. The van der Waals surface area contributed by atoms with Gasteiger partial charge in [0.15, 0.2) is 8.07 Å². The molecule has 1 heterocycles. The van der Waals surface area contributed by atoms with Crippen molar-refractivity contribution in [2.45, 2.75) is 0 Å². The van der Waals surface area contributed by atoms with Crippen LogP contribution in [-0.2, 0) is 0 Å². The van der Waals surface area contributed by atoms with E-state index < -0.39 is 8.07 Å². The van der Waals surface area contributed by atoms with Gasteiger partial charge in [0.1, 0.15) is 11.2 Å². The molecule has 0 saturated heterocycles. The molecule has 9 aromatic carbocycles.